The average molecular weight is 269 g/mol. The Morgan fingerprint density at radius 1 is 1.11 bits per heavy atom. The molecule has 1 amide bonds. The van der Waals surface area contributed by atoms with E-state index in [1.807, 2.05) is 0 Å². The van der Waals surface area contributed by atoms with Crippen LogP contribution in [0.1, 0.15) is 52.4 Å². The molecule has 0 heterocycles. The molecule has 0 aromatic carbocycles. The van der Waals surface area contributed by atoms with Crippen molar-refractivity contribution in [1.29, 1.82) is 0 Å². The van der Waals surface area contributed by atoms with Gasteiger partial charge in [0, 0.05) is 6.54 Å². The maximum Gasteiger partial charge on any atom is 0.325 e. The molecule has 4 heteroatoms. The molecule has 0 saturated carbocycles. The number of carbonyl (C=O) groups excluding carboxylic acids is 2. The second kappa shape index (κ2) is 11.8. The van der Waals surface area contributed by atoms with Gasteiger partial charge in [0.1, 0.15) is 6.54 Å². The van der Waals surface area contributed by atoms with Gasteiger partial charge in [0.05, 0.1) is 6.61 Å². The number of ether oxygens (including phenoxy) is 1. The van der Waals surface area contributed by atoms with Crippen LogP contribution in [0.3, 0.4) is 0 Å². The Morgan fingerprint density at radius 3 is 2.32 bits per heavy atom. The fourth-order valence-electron chi connectivity index (χ4n) is 1.84. The van der Waals surface area contributed by atoms with Crippen LogP contribution in [0.25, 0.3) is 0 Å². The van der Waals surface area contributed by atoms with E-state index in [1.165, 1.54) is 36.7 Å². The lowest BCUT2D eigenvalue weighted by Crippen LogP contribution is -2.36. The maximum absolute atomic E-state index is 11.6. The minimum Gasteiger partial charge on any atom is -0.465 e. The molecule has 0 unspecified atom stereocenters. The van der Waals surface area contributed by atoms with E-state index in [9.17, 15) is 9.59 Å². The highest BCUT2D eigenvalue weighted by molar-refractivity contribution is 5.89. The molecule has 0 spiro atoms. The number of carbonyl (C=O) groups is 2. The van der Waals surface area contributed by atoms with Gasteiger partial charge in [-0.2, -0.15) is 0 Å². The molecule has 19 heavy (non-hydrogen) atoms. The molecule has 0 aliphatic carbocycles. The minimum absolute atomic E-state index is 0.0215. The van der Waals surface area contributed by atoms with Crippen molar-refractivity contribution < 1.29 is 14.3 Å². The smallest absolute Gasteiger partial charge is 0.325 e. The summed E-state index contributed by atoms with van der Waals surface area (Å²) in [6, 6.07) is 0. The summed E-state index contributed by atoms with van der Waals surface area (Å²) in [5.41, 5.74) is 0. The van der Waals surface area contributed by atoms with Crippen molar-refractivity contribution in [3.8, 4) is 0 Å². The van der Waals surface area contributed by atoms with Crippen LogP contribution in [0.15, 0.2) is 12.7 Å². The largest absolute Gasteiger partial charge is 0.465 e. The van der Waals surface area contributed by atoms with Crippen molar-refractivity contribution >= 4 is 11.9 Å². The highest BCUT2D eigenvalue weighted by Crippen LogP contribution is 2.06. The van der Waals surface area contributed by atoms with Crippen LogP contribution >= 0.6 is 0 Å². The molecule has 0 aliphatic heterocycles. The van der Waals surface area contributed by atoms with E-state index < -0.39 is 0 Å². The van der Waals surface area contributed by atoms with Crippen LogP contribution in [-0.2, 0) is 14.3 Å². The molecule has 0 N–H and O–H groups in total. The lowest BCUT2D eigenvalue weighted by molar-refractivity contribution is -0.147. The van der Waals surface area contributed by atoms with Crippen LogP contribution < -0.4 is 0 Å². The quantitative estimate of drug-likeness (QED) is 0.329. The van der Waals surface area contributed by atoms with Gasteiger partial charge in [-0.25, -0.2) is 0 Å². The zero-order chi connectivity index (χ0) is 14.5. The first-order valence-corrected chi connectivity index (χ1v) is 7.22. The van der Waals surface area contributed by atoms with Crippen molar-refractivity contribution in [2.45, 2.75) is 52.4 Å². The number of amides is 1. The first-order chi connectivity index (χ1) is 9.15. The fourth-order valence-corrected chi connectivity index (χ4v) is 1.84. The minimum atomic E-state index is -0.358. The predicted molar refractivity (Wildman–Crippen MR) is 76.8 cm³/mol. The molecule has 110 valence electrons. The summed E-state index contributed by atoms with van der Waals surface area (Å²) < 4.78 is 4.86. The molecule has 0 rings (SSSR count). The van der Waals surface area contributed by atoms with E-state index in [0.29, 0.717) is 13.2 Å². The predicted octanol–water partition coefficient (Wildman–Crippen LogP) is 2.92. The summed E-state index contributed by atoms with van der Waals surface area (Å²) in [4.78, 5) is 24.5. The Kier molecular flexibility index (Phi) is 10.9. The van der Waals surface area contributed by atoms with Gasteiger partial charge in [-0.15, -0.1) is 0 Å². The molecular weight excluding hydrogens is 242 g/mol. The van der Waals surface area contributed by atoms with Crippen LogP contribution in [0.4, 0.5) is 0 Å². The van der Waals surface area contributed by atoms with E-state index in [0.717, 1.165) is 12.8 Å². The average Bonchev–Trinajstić information content (AvgIpc) is 2.40. The van der Waals surface area contributed by atoms with Crippen LogP contribution in [0.5, 0.6) is 0 Å². The van der Waals surface area contributed by atoms with E-state index >= 15 is 0 Å². The maximum atomic E-state index is 11.6. The van der Waals surface area contributed by atoms with E-state index in [-0.39, 0.29) is 18.4 Å². The third-order valence-electron chi connectivity index (χ3n) is 2.89. The molecule has 0 aromatic heterocycles. The van der Waals surface area contributed by atoms with Gasteiger partial charge in [-0.05, 0) is 19.4 Å². The van der Waals surface area contributed by atoms with Crippen LogP contribution in [0.2, 0.25) is 0 Å². The Bertz CT molecular complexity index is 277. The lowest BCUT2D eigenvalue weighted by atomic mass is 10.1. The summed E-state index contributed by atoms with van der Waals surface area (Å²) in [6.45, 7) is 8.35. The van der Waals surface area contributed by atoms with E-state index in [2.05, 4.69) is 13.5 Å². The van der Waals surface area contributed by atoms with Crippen molar-refractivity contribution in [3.63, 3.8) is 0 Å². The first kappa shape index (κ1) is 17.7. The van der Waals surface area contributed by atoms with E-state index in [1.54, 1.807) is 6.92 Å². The standard InChI is InChI=1S/C15H27NO3/c1-4-7-8-9-10-11-12-16(14(17)5-2)13-15(18)19-6-3/h5H,2,4,6-13H2,1,3H3. The first-order valence-electron chi connectivity index (χ1n) is 7.22. The summed E-state index contributed by atoms with van der Waals surface area (Å²) in [6.07, 6.45) is 8.16. The molecule has 0 aliphatic rings. The summed E-state index contributed by atoms with van der Waals surface area (Å²) in [7, 11) is 0. The summed E-state index contributed by atoms with van der Waals surface area (Å²) >= 11 is 0. The topological polar surface area (TPSA) is 46.6 Å². The summed E-state index contributed by atoms with van der Waals surface area (Å²) in [5.74, 6) is -0.565. The molecule has 0 atom stereocenters. The van der Waals surface area contributed by atoms with Crippen LogP contribution in [0, 0.1) is 0 Å². The van der Waals surface area contributed by atoms with Gasteiger partial charge in [-0.1, -0.05) is 45.6 Å². The number of unbranched alkanes of at least 4 members (excludes halogenated alkanes) is 5. The lowest BCUT2D eigenvalue weighted by Gasteiger charge is -2.20. The molecule has 4 nitrogen and oxygen atoms in total. The number of hydrogen-bond acceptors (Lipinski definition) is 3. The van der Waals surface area contributed by atoms with Crippen molar-refractivity contribution in [2.75, 3.05) is 19.7 Å². The highest BCUT2D eigenvalue weighted by Gasteiger charge is 2.14. The second-order valence-electron chi connectivity index (χ2n) is 4.54. The Morgan fingerprint density at radius 2 is 1.74 bits per heavy atom. The van der Waals surface area contributed by atoms with Gasteiger partial charge in [0.15, 0.2) is 0 Å². The molecule has 0 radical (unpaired) electrons. The Hall–Kier alpha value is -1.32. The third-order valence-corrected chi connectivity index (χ3v) is 2.89. The summed E-state index contributed by atoms with van der Waals surface area (Å²) in [5, 5.41) is 0. The van der Waals surface area contributed by atoms with Crippen LogP contribution in [-0.4, -0.2) is 36.5 Å². The third kappa shape index (κ3) is 9.28. The Balaban J connectivity index is 3.97. The van der Waals surface area contributed by atoms with Gasteiger partial charge in [0.25, 0.3) is 0 Å². The number of rotatable bonds is 11. The monoisotopic (exact) mass is 269 g/mol. The number of nitrogens with zero attached hydrogens (tertiary/aromatic N) is 1. The normalized spacial score (nSPS) is 10.0. The SMILES string of the molecule is C=CC(=O)N(CCCCCCCC)CC(=O)OCC. The zero-order valence-corrected chi connectivity index (χ0v) is 12.3. The molecule has 0 bridgehead atoms. The molecule has 0 fully saturated rings. The molecule has 0 aromatic rings. The Labute approximate surface area is 116 Å². The highest BCUT2D eigenvalue weighted by atomic mass is 16.5. The fraction of sp³-hybridized carbons (Fsp3) is 0.733. The van der Waals surface area contributed by atoms with Crippen molar-refractivity contribution in [1.82, 2.24) is 4.90 Å². The molecular formula is C15H27NO3. The van der Waals surface area contributed by atoms with Gasteiger partial charge in [0.2, 0.25) is 5.91 Å². The second-order valence-corrected chi connectivity index (χ2v) is 4.54. The zero-order valence-electron chi connectivity index (χ0n) is 12.3. The van der Waals surface area contributed by atoms with Gasteiger partial charge >= 0.3 is 5.97 Å². The number of hydrogen-bond donors (Lipinski definition) is 0. The van der Waals surface area contributed by atoms with Crippen molar-refractivity contribution in [2.24, 2.45) is 0 Å². The van der Waals surface area contributed by atoms with Gasteiger partial charge in [-0.3, -0.25) is 9.59 Å². The molecule has 0 saturated heterocycles. The number of esters is 1. The van der Waals surface area contributed by atoms with Crippen molar-refractivity contribution in [3.05, 3.63) is 12.7 Å². The van der Waals surface area contributed by atoms with E-state index in [4.69, 9.17) is 4.74 Å². The van der Waals surface area contributed by atoms with Gasteiger partial charge < -0.3 is 9.64 Å².